The SMILES string of the molecule is O=C(O)Cc1ccc(Nc2nc(N3CC4(CCN(c5ccc(Cl)cc5)CC4)C3)nc3c2[S@](=O)CCC3)cc1. The number of nitrogens with one attached hydrogen (secondary N) is 1. The largest absolute Gasteiger partial charge is 0.481 e. The Labute approximate surface area is 229 Å². The van der Waals surface area contributed by atoms with Crippen LogP contribution in [0, 0.1) is 5.41 Å². The van der Waals surface area contributed by atoms with Crippen molar-refractivity contribution in [2.45, 2.75) is 37.0 Å². The van der Waals surface area contributed by atoms with Crippen molar-refractivity contribution in [3.05, 3.63) is 64.8 Å². The summed E-state index contributed by atoms with van der Waals surface area (Å²) in [5.41, 5.74) is 3.87. The van der Waals surface area contributed by atoms with Crippen LogP contribution in [0.2, 0.25) is 5.02 Å². The Bertz CT molecular complexity index is 1370. The molecule has 0 bridgehead atoms. The molecule has 2 saturated heterocycles. The van der Waals surface area contributed by atoms with Gasteiger partial charge in [0.15, 0.2) is 5.82 Å². The lowest BCUT2D eigenvalue weighted by atomic mass is 9.72. The minimum absolute atomic E-state index is 0.0223. The predicted octanol–water partition coefficient (Wildman–Crippen LogP) is 4.66. The van der Waals surface area contributed by atoms with Gasteiger partial charge in [-0.15, -0.1) is 0 Å². The van der Waals surface area contributed by atoms with Gasteiger partial charge in [-0.2, -0.15) is 4.98 Å². The molecule has 4 heterocycles. The first-order valence-corrected chi connectivity index (χ1v) is 14.7. The quantitative estimate of drug-likeness (QED) is 0.456. The zero-order valence-electron chi connectivity index (χ0n) is 21.0. The monoisotopic (exact) mass is 551 g/mol. The highest BCUT2D eigenvalue weighted by Gasteiger charge is 2.46. The molecule has 1 spiro atoms. The molecular weight excluding hydrogens is 522 g/mol. The van der Waals surface area contributed by atoms with Crippen molar-refractivity contribution < 1.29 is 14.1 Å². The maximum Gasteiger partial charge on any atom is 0.307 e. The zero-order valence-corrected chi connectivity index (χ0v) is 22.6. The van der Waals surface area contributed by atoms with Crippen LogP contribution < -0.4 is 15.1 Å². The molecule has 3 aliphatic rings. The second-order valence-corrected chi connectivity index (χ2v) is 12.5. The first kappa shape index (κ1) is 25.1. The summed E-state index contributed by atoms with van der Waals surface area (Å²) in [7, 11) is -1.15. The molecule has 0 amide bonds. The average molecular weight is 552 g/mol. The van der Waals surface area contributed by atoms with Crippen LogP contribution in [0.15, 0.2) is 53.4 Å². The van der Waals surface area contributed by atoms with Crippen LogP contribution in [0.1, 0.15) is 30.5 Å². The predicted molar refractivity (Wildman–Crippen MR) is 150 cm³/mol. The first-order chi connectivity index (χ1) is 18.4. The van der Waals surface area contributed by atoms with Crippen LogP contribution >= 0.6 is 11.6 Å². The van der Waals surface area contributed by atoms with Gasteiger partial charge in [-0.25, -0.2) is 4.98 Å². The molecule has 2 N–H and O–H groups in total. The van der Waals surface area contributed by atoms with E-state index in [0.717, 1.165) is 73.8 Å². The molecule has 0 saturated carbocycles. The van der Waals surface area contributed by atoms with Crippen molar-refractivity contribution in [2.75, 3.05) is 47.0 Å². The number of halogens is 1. The highest BCUT2D eigenvalue weighted by atomic mass is 35.5. The smallest absolute Gasteiger partial charge is 0.307 e. The van der Waals surface area contributed by atoms with E-state index in [0.29, 0.717) is 22.4 Å². The number of carbonyl (C=O) groups is 1. The molecule has 0 aliphatic carbocycles. The van der Waals surface area contributed by atoms with Gasteiger partial charge in [0.2, 0.25) is 5.95 Å². The van der Waals surface area contributed by atoms with Gasteiger partial charge in [0.05, 0.1) is 22.9 Å². The van der Waals surface area contributed by atoms with E-state index in [4.69, 9.17) is 26.7 Å². The van der Waals surface area contributed by atoms with E-state index in [1.54, 1.807) is 12.1 Å². The topological polar surface area (TPSA) is 98.7 Å². The Morgan fingerprint density at radius 1 is 1.03 bits per heavy atom. The van der Waals surface area contributed by atoms with E-state index >= 15 is 0 Å². The fourth-order valence-electron chi connectivity index (χ4n) is 5.72. The Morgan fingerprint density at radius 3 is 2.42 bits per heavy atom. The maximum atomic E-state index is 12.9. The molecule has 198 valence electrons. The summed E-state index contributed by atoms with van der Waals surface area (Å²) in [6, 6.07) is 15.3. The number of aryl methyl sites for hydroxylation is 1. The van der Waals surface area contributed by atoms with Crippen molar-refractivity contribution in [3.63, 3.8) is 0 Å². The summed E-state index contributed by atoms with van der Waals surface area (Å²) in [4.78, 5) is 26.1. The lowest BCUT2D eigenvalue weighted by Crippen LogP contribution is -2.61. The molecule has 10 heteroatoms. The van der Waals surface area contributed by atoms with Crippen molar-refractivity contribution in [3.8, 4) is 0 Å². The average Bonchev–Trinajstić information content (AvgIpc) is 2.88. The van der Waals surface area contributed by atoms with Gasteiger partial charge in [0, 0.05) is 53.7 Å². The summed E-state index contributed by atoms with van der Waals surface area (Å²) < 4.78 is 12.9. The van der Waals surface area contributed by atoms with E-state index in [-0.39, 0.29) is 11.8 Å². The van der Waals surface area contributed by atoms with Gasteiger partial charge in [0.1, 0.15) is 4.90 Å². The fourth-order valence-corrected chi connectivity index (χ4v) is 7.18. The van der Waals surface area contributed by atoms with Crippen LogP contribution in [0.3, 0.4) is 0 Å². The van der Waals surface area contributed by atoms with Crippen molar-refractivity contribution in [2.24, 2.45) is 5.41 Å². The second-order valence-electron chi connectivity index (χ2n) is 10.5. The minimum atomic E-state index is -1.15. The van der Waals surface area contributed by atoms with E-state index in [2.05, 4.69) is 27.2 Å². The number of anilines is 4. The second kappa shape index (κ2) is 10.2. The summed E-state index contributed by atoms with van der Waals surface area (Å²) >= 11 is 6.06. The number of rotatable bonds is 6. The van der Waals surface area contributed by atoms with Crippen LogP contribution in [-0.4, -0.2) is 57.2 Å². The third-order valence-corrected chi connectivity index (χ3v) is 9.61. The number of nitrogens with zero attached hydrogens (tertiary/aromatic N) is 4. The Morgan fingerprint density at radius 2 is 1.74 bits per heavy atom. The standard InChI is InChI=1S/C28H30ClN5O3S/c29-20-5-9-22(10-6-20)33-13-11-28(12-14-33)17-34(18-28)27-31-23-2-1-15-38(37)25(23)26(32-27)30-21-7-3-19(4-8-21)16-24(35)36/h3-10H,1-2,11-18H2,(H,35,36)(H,30,31,32)/t38-/m1/s1. The van der Waals surface area contributed by atoms with Gasteiger partial charge >= 0.3 is 5.97 Å². The van der Waals surface area contributed by atoms with Crippen molar-refractivity contribution in [1.82, 2.24) is 9.97 Å². The Hall–Kier alpha value is -3.17. The molecule has 2 aromatic carbocycles. The normalized spacial score (nSPS) is 20.1. The van der Waals surface area contributed by atoms with E-state index in [1.165, 1.54) is 5.69 Å². The van der Waals surface area contributed by atoms with E-state index in [9.17, 15) is 9.00 Å². The number of aliphatic carboxylic acids is 1. The first-order valence-electron chi connectivity index (χ1n) is 13.0. The Balaban J connectivity index is 1.17. The molecule has 3 aliphatic heterocycles. The van der Waals surface area contributed by atoms with Crippen molar-refractivity contribution >= 4 is 51.5 Å². The molecule has 6 rings (SSSR count). The number of carboxylic acids is 1. The molecule has 8 nitrogen and oxygen atoms in total. The van der Waals surface area contributed by atoms with Gasteiger partial charge < -0.3 is 20.2 Å². The lowest BCUT2D eigenvalue weighted by molar-refractivity contribution is -0.136. The van der Waals surface area contributed by atoms with Gasteiger partial charge in [-0.1, -0.05) is 23.7 Å². The third kappa shape index (κ3) is 5.09. The van der Waals surface area contributed by atoms with Crippen molar-refractivity contribution in [1.29, 1.82) is 0 Å². The molecule has 1 atom stereocenters. The molecular formula is C28H30ClN5O3S. The van der Waals surface area contributed by atoms with Gasteiger partial charge in [-0.3, -0.25) is 9.00 Å². The van der Waals surface area contributed by atoms with Crippen LogP contribution in [0.5, 0.6) is 0 Å². The molecule has 38 heavy (non-hydrogen) atoms. The number of hydrogen-bond donors (Lipinski definition) is 2. The van der Waals surface area contributed by atoms with E-state index < -0.39 is 16.8 Å². The van der Waals surface area contributed by atoms with Crippen LogP contribution in [-0.2, 0) is 28.4 Å². The number of aromatic nitrogens is 2. The minimum Gasteiger partial charge on any atom is -0.481 e. The van der Waals surface area contributed by atoms with Crippen LogP contribution in [0.4, 0.5) is 23.1 Å². The fraction of sp³-hybridized carbons (Fsp3) is 0.393. The molecule has 1 aromatic heterocycles. The molecule has 0 unspecified atom stereocenters. The lowest BCUT2D eigenvalue weighted by Gasteiger charge is -2.54. The highest BCUT2D eigenvalue weighted by Crippen LogP contribution is 2.43. The summed E-state index contributed by atoms with van der Waals surface area (Å²) in [6.45, 7) is 3.88. The Kier molecular flexibility index (Phi) is 6.74. The number of piperidine rings is 1. The van der Waals surface area contributed by atoms with Crippen LogP contribution in [0.25, 0.3) is 0 Å². The third-order valence-electron chi connectivity index (χ3n) is 7.82. The molecule has 3 aromatic rings. The number of carboxylic acid groups (broad SMARTS) is 1. The summed E-state index contributed by atoms with van der Waals surface area (Å²) in [5.74, 6) is 1.03. The number of benzene rings is 2. The zero-order chi connectivity index (χ0) is 26.3. The molecule has 0 radical (unpaired) electrons. The maximum absolute atomic E-state index is 12.9. The number of fused-ring (bicyclic) bond motifs is 1. The van der Waals surface area contributed by atoms with Gasteiger partial charge in [-0.05, 0) is 67.6 Å². The van der Waals surface area contributed by atoms with E-state index in [1.807, 2.05) is 24.3 Å². The summed E-state index contributed by atoms with van der Waals surface area (Å²) in [5, 5.41) is 13.1. The summed E-state index contributed by atoms with van der Waals surface area (Å²) in [6.07, 6.45) is 3.86. The molecule has 2 fully saturated rings. The highest BCUT2D eigenvalue weighted by molar-refractivity contribution is 7.85. The number of hydrogen-bond acceptors (Lipinski definition) is 7. The van der Waals surface area contributed by atoms with Gasteiger partial charge in [0.25, 0.3) is 0 Å².